The van der Waals surface area contributed by atoms with Crippen LogP contribution in [0.1, 0.15) is 26.7 Å². The van der Waals surface area contributed by atoms with E-state index in [0.29, 0.717) is 17.9 Å². The summed E-state index contributed by atoms with van der Waals surface area (Å²) in [7, 11) is 1.70. The molecule has 0 aromatic carbocycles. The van der Waals surface area contributed by atoms with Crippen LogP contribution in [0, 0.1) is 0 Å². The van der Waals surface area contributed by atoms with Crippen molar-refractivity contribution >= 4 is 17.5 Å². The van der Waals surface area contributed by atoms with Crippen LogP contribution in [0.3, 0.4) is 0 Å². The summed E-state index contributed by atoms with van der Waals surface area (Å²) in [5.74, 6) is -1.76. The monoisotopic (exact) mass is 249 g/mol. The first-order chi connectivity index (χ1) is 8.54. The molecule has 7 nitrogen and oxygen atoms in total. The first-order valence-corrected chi connectivity index (χ1v) is 5.16. The Morgan fingerprint density at radius 1 is 1.33 bits per heavy atom. The summed E-state index contributed by atoms with van der Waals surface area (Å²) in [6.07, 6.45) is 1.36. The molecule has 0 aliphatic heterocycles. The Labute approximate surface area is 102 Å². The minimum absolute atomic E-state index is 0.0780. The fraction of sp³-hybridized carbons (Fsp3) is 0.182. The van der Waals surface area contributed by atoms with Crippen molar-refractivity contribution in [1.29, 1.82) is 0 Å². The van der Waals surface area contributed by atoms with E-state index in [0.717, 1.165) is 0 Å². The number of pyridine rings is 1. The molecular weight excluding hydrogens is 238 g/mol. The molecule has 0 aliphatic rings. The molecule has 0 spiro atoms. The van der Waals surface area contributed by atoms with Gasteiger partial charge in [-0.15, -0.1) is 0 Å². The van der Waals surface area contributed by atoms with Crippen molar-refractivity contribution in [3.05, 3.63) is 35.4 Å². The standard InChI is InChI=1S/C11H11N3O4/c1-12-4-8-13-9(11(17)18)7-3-2-6(10(15)16)5-14(7)8/h2-3,5,12H,4H2,1H3,(H,15,16)(H,17,18). The predicted molar refractivity (Wildman–Crippen MR) is 61.9 cm³/mol. The van der Waals surface area contributed by atoms with Gasteiger partial charge in [0.25, 0.3) is 0 Å². The zero-order valence-electron chi connectivity index (χ0n) is 9.54. The van der Waals surface area contributed by atoms with Crippen LogP contribution in [0.25, 0.3) is 5.52 Å². The van der Waals surface area contributed by atoms with E-state index in [4.69, 9.17) is 10.2 Å². The van der Waals surface area contributed by atoms with Crippen LogP contribution in [-0.4, -0.2) is 38.6 Å². The molecule has 2 aromatic heterocycles. The summed E-state index contributed by atoms with van der Waals surface area (Å²) in [5, 5.41) is 20.8. The maximum absolute atomic E-state index is 11.0. The minimum Gasteiger partial charge on any atom is -0.478 e. The van der Waals surface area contributed by atoms with Gasteiger partial charge in [-0.25, -0.2) is 14.6 Å². The Bertz CT molecular complexity index is 632. The molecule has 94 valence electrons. The molecule has 0 radical (unpaired) electrons. The van der Waals surface area contributed by atoms with Crippen molar-refractivity contribution in [3.63, 3.8) is 0 Å². The van der Waals surface area contributed by atoms with Gasteiger partial charge in [0, 0.05) is 6.20 Å². The Morgan fingerprint density at radius 3 is 2.61 bits per heavy atom. The van der Waals surface area contributed by atoms with Gasteiger partial charge in [-0.05, 0) is 19.2 Å². The SMILES string of the molecule is CNCc1nc(C(=O)O)c2ccc(C(=O)O)cn12. The molecule has 18 heavy (non-hydrogen) atoms. The van der Waals surface area contributed by atoms with Crippen molar-refractivity contribution in [2.45, 2.75) is 6.54 Å². The lowest BCUT2D eigenvalue weighted by Crippen LogP contribution is -2.09. The molecule has 0 aliphatic carbocycles. The highest BCUT2D eigenvalue weighted by Crippen LogP contribution is 2.15. The van der Waals surface area contributed by atoms with Gasteiger partial charge in [0.05, 0.1) is 17.6 Å². The number of rotatable bonds is 4. The van der Waals surface area contributed by atoms with Gasteiger partial charge in [0.2, 0.25) is 0 Å². The lowest BCUT2D eigenvalue weighted by atomic mass is 10.2. The average Bonchev–Trinajstić information content (AvgIpc) is 2.68. The van der Waals surface area contributed by atoms with E-state index < -0.39 is 11.9 Å². The second kappa shape index (κ2) is 4.46. The van der Waals surface area contributed by atoms with Crippen molar-refractivity contribution < 1.29 is 19.8 Å². The number of hydrogen-bond donors (Lipinski definition) is 3. The first-order valence-electron chi connectivity index (χ1n) is 5.16. The van der Waals surface area contributed by atoms with Crippen molar-refractivity contribution in [3.8, 4) is 0 Å². The fourth-order valence-corrected chi connectivity index (χ4v) is 1.71. The number of nitrogens with one attached hydrogen (secondary N) is 1. The fourth-order valence-electron chi connectivity index (χ4n) is 1.71. The quantitative estimate of drug-likeness (QED) is 0.726. The number of aromatic carboxylic acids is 2. The van der Waals surface area contributed by atoms with Gasteiger partial charge < -0.3 is 19.9 Å². The molecular formula is C11H11N3O4. The van der Waals surface area contributed by atoms with E-state index in [1.54, 1.807) is 7.05 Å². The van der Waals surface area contributed by atoms with Gasteiger partial charge in [0.15, 0.2) is 5.69 Å². The molecule has 0 saturated heterocycles. The van der Waals surface area contributed by atoms with Crippen LogP contribution in [0.2, 0.25) is 0 Å². The number of aromatic nitrogens is 2. The summed E-state index contributed by atoms with van der Waals surface area (Å²) in [6, 6.07) is 2.80. The molecule has 7 heteroatoms. The van der Waals surface area contributed by atoms with Crippen molar-refractivity contribution in [2.75, 3.05) is 7.05 Å². The van der Waals surface area contributed by atoms with E-state index in [9.17, 15) is 9.59 Å². The smallest absolute Gasteiger partial charge is 0.356 e. The summed E-state index contributed by atoms with van der Waals surface area (Å²) in [4.78, 5) is 25.9. The Balaban J connectivity index is 2.70. The number of carbonyl (C=O) groups is 2. The average molecular weight is 249 g/mol. The summed E-state index contributed by atoms with van der Waals surface area (Å²) in [6.45, 7) is 0.345. The highest BCUT2D eigenvalue weighted by atomic mass is 16.4. The van der Waals surface area contributed by atoms with Crippen LogP contribution >= 0.6 is 0 Å². The molecule has 2 aromatic rings. The molecule has 0 saturated carbocycles. The second-order valence-electron chi connectivity index (χ2n) is 3.69. The maximum atomic E-state index is 11.0. The van der Waals surface area contributed by atoms with Crippen molar-refractivity contribution in [1.82, 2.24) is 14.7 Å². The predicted octanol–water partition coefficient (Wildman–Crippen LogP) is 0.450. The highest BCUT2D eigenvalue weighted by Gasteiger charge is 2.17. The normalized spacial score (nSPS) is 10.7. The number of hydrogen-bond acceptors (Lipinski definition) is 4. The number of nitrogens with zero attached hydrogens (tertiary/aromatic N) is 2. The largest absolute Gasteiger partial charge is 0.478 e. The van der Waals surface area contributed by atoms with E-state index in [2.05, 4.69) is 10.3 Å². The third-order valence-corrected chi connectivity index (χ3v) is 2.49. The molecule has 2 heterocycles. The molecule has 0 bridgehead atoms. The molecule has 2 rings (SSSR count). The highest BCUT2D eigenvalue weighted by molar-refractivity contribution is 5.94. The van der Waals surface area contributed by atoms with Crippen LogP contribution in [0.15, 0.2) is 18.3 Å². The summed E-state index contributed by atoms with van der Waals surface area (Å²) >= 11 is 0. The van der Waals surface area contributed by atoms with Gasteiger partial charge in [-0.1, -0.05) is 0 Å². The van der Waals surface area contributed by atoms with E-state index in [1.165, 1.54) is 22.7 Å². The first kappa shape index (κ1) is 12.1. The Kier molecular flexibility index (Phi) is 2.99. The number of carboxylic acids is 2. The van der Waals surface area contributed by atoms with Gasteiger partial charge in [0.1, 0.15) is 5.82 Å². The number of fused-ring (bicyclic) bond motifs is 1. The van der Waals surface area contributed by atoms with Crippen LogP contribution in [0.5, 0.6) is 0 Å². The van der Waals surface area contributed by atoms with Crippen molar-refractivity contribution in [2.24, 2.45) is 0 Å². The van der Waals surface area contributed by atoms with E-state index in [-0.39, 0.29) is 11.3 Å². The Morgan fingerprint density at radius 2 is 2.06 bits per heavy atom. The number of imidazole rings is 1. The third kappa shape index (κ3) is 1.91. The Hall–Kier alpha value is -2.41. The lowest BCUT2D eigenvalue weighted by molar-refractivity contribution is 0.0684. The van der Waals surface area contributed by atoms with E-state index in [1.807, 2.05) is 0 Å². The number of carboxylic acid groups (broad SMARTS) is 2. The summed E-state index contributed by atoms with van der Waals surface area (Å²) < 4.78 is 1.48. The third-order valence-electron chi connectivity index (χ3n) is 2.49. The zero-order chi connectivity index (χ0) is 13.3. The van der Waals surface area contributed by atoms with Crippen LogP contribution in [0.4, 0.5) is 0 Å². The van der Waals surface area contributed by atoms with Crippen LogP contribution in [-0.2, 0) is 6.54 Å². The van der Waals surface area contributed by atoms with E-state index >= 15 is 0 Å². The molecule has 0 atom stereocenters. The van der Waals surface area contributed by atoms with Gasteiger partial charge in [-0.3, -0.25) is 0 Å². The van der Waals surface area contributed by atoms with Crippen LogP contribution < -0.4 is 5.32 Å². The second-order valence-corrected chi connectivity index (χ2v) is 3.69. The topological polar surface area (TPSA) is 104 Å². The molecule has 3 N–H and O–H groups in total. The maximum Gasteiger partial charge on any atom is 0.356 e. The molecule has 0 fully saturated rings. The minimum atomic E-state index is -1.14. The molecule has 0 unspecified atom stereocenters. The van der Waals surface area contributed by atoms with Gasteiger partial charge in [-0.2, -0.15) is 0 Å². The lowest BCUT2D eigenvalue weighted by Gasteiger charge is -2.01. The summed E-state index contributed by atoms with van der Waals surface area (Å²) in [5.41, 5.74) is 0.365. The molecule has 0 amide bonds. The van der Waals surface area contributed by atoms with Gasteiger partial charge >= 0.3 is 11.9 Å². The zero-order valence-corrected chi connectivity index (χ0v) is 9.54.